The Morgan fingerprint density at radius 2 is 1.86 bits per heavy atom. The molecule has 0 spiro atoms. The number of hydrogen-bond donors (Lipinski definition) is 2. The third kappa shape index (κ3) is 3.00. The summed E-state index contributed by atoms with van der Waals surface area (Å²) < 4.78 is 0. The molecule has 1 aliphatic heterocycles. The normalized spacial score (nSPS) is 15.0. The van der Waals surface area contributed by atoms with E-state index in [1.54, 1.807) is 30.6 Å². The minimum absolute atomic E-state index is 0.263. The molecular formula is C15H16N4O2. The highest BCUT2D eigenvalue weighted by molar-refractivity contribution is 5.89. The van der Waals surface area contributed by atoms with Crippen LogP contribution in [0.15, 0.2) is 36.7 Å². The molecule has 1 saturated heterocycles. The third-order valence-electron chi connectivity index (χ3n) is 3.48. The quantitative estimate of drug-likeness (QED) is 0.883. The van der Waals surface area contributed by atoms with Crippen LogP contribution in [0.2, 0.25) is 0 Å². The number of piperazine rings is 1. The molecular weight excluding hydrogens is 268 g/mol. The van der Waals surface area contributed by atoms with Crippen molar-refractivity contribution in [1.29, 1.82) is 0 Å². The Labute approximate surface area is 122 Å². The van der Waals surface area contributed by atoms with E-state index in [9.17, 15) is 4.79 Å². The van der Waals surface area contributed by atoms with Crippen LogP contribution >= 0.6 is 0 Å². The van der Waals surface area contributed by atoms with Crippen LogP contribution in [-0.4, -0.2) is 47.2 Å². The smallest absolute Gasteiger partial charge is 0.335 e. The molecule has 108 valence electrons. The first-order valence-corrected chi connectivity index (χ1v) is 6.85. The van der Waals surface area contributed by atoms with Gasteiger partial charge in [0.05, 0.1) is 5.56 Å². The lowest BCUT2D eigenvalue weighted by atomic mass is 10.1. The second kappa shape index (κ2) is 5.88. The van der Waals surface area contributed by atoms with Crippen LogP contribution in [0, 0.1) is 0 Å². The summed E-state index contributed by atoms with van der Waals surface area (Å²) >= 11 is 0. The van der Waals surface area contributed by atoms with Crippen LogP contribution in [0.5, 0.6) is 0 Å². The second-order valence-corrected chi connectivity index (χ2v) is 4.89. The largest absolute Gasteiger partial charge is 0.478 e. The SMILES string of the molecule is O=C(O)c1cccc(-c2cnc(N3CCNCC3)nc2)c1. The number of carboxylic acids is 1. The number of benzene rings is 1. The van der Waals surface area contributed by atoms with E-state index in [4.69, 9.17) is 5.11 Å². The van der Waals surface area contributed by atoms with Gasteiger partial charge >= 0.3 is 5.97 Å². The summed E-state index contributed by atoms with van der Waals surface area (Å²) in [6.45, 7) is 3.67. The van der Waals surface area contributed by atoms with Gasteiger partial charge in [-0.1, -0.05) is 12.1 Å². The van der Waals surface area contributed by atoms with Crippen molar-refractivity contribution >= 4 is 11.9 Å². The average Bonchev–Trinajstić information content (AvgIpc) is 2.56. The van der Waals surface area contributed by atoms with Gasteiger partial charge in [-0.3, -0.25) is 0 Å². The van der Waals surface area contributed by atoms with Gasteiger partial charge in [-0.05, 0) is 17.7 Å². The number of rotatable bonds is 3. The Balaban J connectivity index is 1.83. The number of nitrogens with one attached hydrogen (secondary N) is 1. The van der Waals surface area contributed by atoms with Gasteiger partial charge in [0.1, 0.15) is 0 Å². The van der Waals surface area contributed by atoms with Crippen LogP contribution in [0.1, 0.15) is 10.4 Å². The van der Waals surface area contributed by atoms with Crippen LogP contribution < -0.4 is 10.2 Å². The van der Waals surface area contributed by atoms with Crippen molar-refractivity contribution in [3.05, 3.63) is 42.2 Å². The molecule has 0 bridgehead atoms. The predicted molar refractivity (Wildman–Crippen MR) is 79.5 cm³/mol. The predicted octanol–water partition coefficient (Wildman–Crippen LogP) is 1.25. The Bertz CT molecular complexity index is 636. The lowest BCUT2D eigenvalue weighted by molar-refractivity contribution is 0.0697. The molecule has 0 radical (unpaired) electrons. The first-order valence-electron chi connectivity index (χ1n) is 6.85. The molecule has 0 atom stereocenters. The number of carbonyl (C=O) groups is 1. The highest BCUT2D eigenvalue weighted by Crippen LogP contribution is 2.20. The molecule has 1 aromatic carbocycles. The highest BCUT2D eigenvalue weighted by atomic mass is 16.4. The maximum atomic E-state index is 11.0. The van der Waals surface area contributed by atoms with Crippen molar-refractivity contribution in [1.82, 2.24) is 15.3 Å². The van der Waals surface area contributed by atoms with E-state index in [2.05, 4.69) is 20.2 Å². The van der Waals surface area contributed by atoms with Gasteiger partial charge in [0, 0.05) is 44.1 Å². The van der Waals surface area contributed by atoms with Gasteiger partial charge in [-0.2, -0.15) is 0 Å². The van der Waals surface area contributed by atoms with E-state index in [1.807, 2.05) is 6.07 Å². The second-order valence-electron chi connectivity index (χ2n) is 4.89. The molecule has 0 aliphatic carbocycles. The van der Waals surface area contributed by atoms with E-state index in [1.165, 1.54) is 0 Å². The molecule has 2 heterocycles. The fourth-order valence-electron chi connectivity index (χ4n) is 2.33. The molecule has 2 N–H and O–H groups in total. The monoisotopic (exact) mass is 284 g/mol. The van der Waals surface area contributed by atoms with Crippen molar-refractivity contribution < 1.29 is 9.90 Å². The molecule has 0 unspecified atom stereocenters. The number of aromatic nitrogens is 2. The van der Waals surface area contributed by atoms with E-state index in [0.29, 0.717) is 0 Å². The summed E-state index contributed by atoms with van der Waals surface area (Å²) in [7, 11) is 0. The van der Waals surface area contributed by atoms with Crippen molar-refractivity contribution in [2.45, 2.75) is 0 Å². The zero-order chi connectivity index (χ0) is 14.7. The van der Waals surface area contributed by atoms with Gasteiger partial charge in [0.15, 0.2) is 0 Å². The molecule has 6 heteroatoms. The number of anilines is 1. The Morgan fingerprint density at radius 3 is 2.52 bits per heavy atom. The Morgan fingerprint density at radius 1 is 1.14 bits per heavy atom. The summed E-state index contributed by atoms with van der Waals surface area (Å²) in [6.07, 6.45) is 3.48. The molecule has 2 aromatic rings. The third-order valence-corrected chi connectivity index (χ3v) is 3.48. The Kier molecular flexibility index (Phi) is 3.79. The topological polar surface area (TPSA) is 78.3 Å². The van der Waals surface area contributed by atoms with Crippen molar-refractivity contribution in [3.63, 3.8) is 0 Å². The average molecular weight is 284 g/mol. The molecule has 3 rings (SSSR count). The van der Waals surface area contributed by atoms with Gasteiger partial charge < -0.3 is 15.3 Å². The van der Waals surface area contributed by atoms with E-state index < -0.39 is 5.97 Å². The highest BCUT2D eigenvalue weighted by Gasteiger charge is 2.13. The fourth-order valence-corrected chi connectivity index (χ4v) is 2.33. The number of hydrogen-bond acceptors (Lipinski definition) is 5. The molecule has 0 saturated carbocycles. The maximum absolute atomic E-state index is 11.0. The van der Waals surface area contributed by atoms with Crippen LogP contribution in [0.25, 0.3) is 11.1 Å². The molecule has 21 heavy (non-hydrogen) atoms. The lowest BCUT2D eigenvalue weighted by Crippen LogP contribution is -2.44. The maximum Gasteiger partial charge on any atom is 0.335 e. The van der Waals surface area contributed by atoms with E-state index >= 15 is 0 Å². The van der Waals surface area contributed by atoms with Gasteiger partial charge in [-0.25, -0.2) is 14.8 Å². The summed E-state index contributed by atoms with van der Waals surface area (Å²) in [5.74, 6) is -0.218. The molecule has 1 aromatic heterocycles. The molecule has 6 nitrogen and oxygen atoms in total. The first-order chi connectivity index (χ1) is 10.2. The van der Waals surface area contributed by atoms with E-state index in [-0.39, 0.29) is 5.56 Å². The molecule has 0 amide bonds. The van der Waals surface area contributed by atoms with E-state index in [0.717, 1.165) is 43.3 Å². The van der Waals surface area contributed by atoms with Crippen molar-refractivity contribution in [2.24, 2.45) is 0 Å². The van der Waals surface area contributed by atoms with Gasteiger partial charge in [0.2, 0.25) is 5.95 Å². The van der Waals surface area contributed by atoms with Crippen LogP contribution in [0.4, 0.5) is 5.95 Å². The van der Waals surface area contributed by atoms with Gasteiger partial charge in [0.25, 0.3) is 0 Å². The van der Waals surface area contributed by atoms with Crippen molar-refractivity contribution in [2.75, 3.05) is 31.1 Å². The summed E-state index contributed by atoms with van der Waals surface area (Å²) in [5.41, 5.74) is 1.89. The minimum Gasteiger partial charge on any atom is -0.478 e. The Hall–Kier alpha value is -2.47. The minimum atomic E-state index is -0.935. The molecule has 1 aliphatic rings. The summed E-state index contributed by atoms with van der Waals surface area (Å²) in [6, 6.07) is 6.78. The first kappa shape index (κ1) is 13.5. The lowest BCUT2D eigenvalue weighted by Gasteiger charge is -2.27. The number of carboxylic acid groups (broad SMARTS) is 1. The standard InChI is InChI=1S/C15H16N4O2/c20-14(21)12-3-1-2-11(8-12)13-9-17-15(18-10-13)19-6-4-16-5-7-19/h1-3,8-10,16H,4-7H2,(H,20,21). The zero-order valence-electron chi connectivity index (χ0n) is 11.5. The van der Waals surface area contributed by atoms with Gasteiger partial charge in [-0.15, -0.1) is 0 Å². The van der Waals surface area contributed by atoms with Crippen LogP contribution in [0.3, 0.4) is 0 Å². The molecule has 1 fully saturated rings. The summed E-state index contributed by atoms with van der Waals surface area (Å²) in [5, 5.41) is 12.3. The fraction of sp³-hybridized carbons (Fsp3) is 0.267. The number of aromatic carboxylic acids is 1. The van der Waals surface area contributed by atoms with Crippen molar-refractivity contribution in [3.8, 4) is 11.1 Å². The zero-order valence-corrected chi connectivity index (χ0v) is 11.5. The summed E-state index contributed by atoms with van der Waals surface area (Å²) in [4.78, 5) is 21.9. The number of nitrogens with zero attached hydrogens (tertiary/aromatic N) is 3. The van der Waals surface area contributed by atoms with Crippen LogP contribution in [-0.2, 0) is 0 Å².